The summed E-state index contributed by atoms with van der Waals surface area (Å²) in [4.78, 5) is 17.8. The molecule has 3 aromatic carbocycles. The van der Waals surface area contributed by atoms with Crippen molar-refractivity contribution in [3.8, 4) is 0 Å². The highest BCUT2D eigenvalue weighted by molar-refractivity contribution is 9.10. The zero-order valence-corrected chi connectivity index (χ0v) is 20.7. The van der Waals surface area contributed by atoms with Crippen molar-refractivity contribution in [2.24, 2.45) is 0 Å². The molecule has 0 aliphatic rings. The van der Waals surface area contributed by atoms with Gasteiger partial charge in [0.1, 0.15) is 5.82 Å². The first-order valence-electron chi connectivity index (χ1n) is 10.8. The average Bonchev–Trinajstić information content (AvgIpc) is 3.14. The molecule has 4 nitrogen and oxygen atoms in total. The summed E-state index contributed by atoms with van der Waals surface area (Å²) in [6.07, 6.45) is 0. The van der Waals surface area contributed by atoms with Crippen LogP contribution in [-0.4, -0.2) is 15.5 Å². The molecule has 0 radical (unpaired) electrons. The van der Waals surface area contributed by atoms with Gasteiger partial charge in [0.25, 0.3) is 5.91 Å². The fourth-order valence-corrected chi connectivity index (χ4v) is 4.66. The number of benzene rings is 3. The molecule has 164 valence electrons. The number of hydrogen-bond donors (Lipinski definition) is 1. The van der Waals surface area contributed by atoms with E-state index in [9.17, 15) is 4.79 Å². The maximum atomic E-state index is 12.9. The summed E-state index contributed by atoms with van der Waals surface area (Å²) in [5.74, 6) is 0.740. The Morgan fingerprint density at radius 1 is 1.00 bits per heavy atom. The van der Waals surface area contributed by atoms with Gasteiger partial charge in [-0.05, 0) is 92.8 Å². The van der Waals surface area contributed by atoms with Gasteiger partial charge in [-0.15, -0.1) is 0 Å². The van der Waals surface area contributed by atoms with E-state index < -0.39 is 0 Å². The number of fused-ring (bicyclic) bond motifs is 1. The minimum atomic E-state index is -0.250. The maximum Gasteiger partial charge on any atom is 0.251 e. The first-order chi connectivity index (χ1) is 15.3. The molecule has 0 saturated carbocycles. The smallest absolute Gasteiger partial charge is 0.251 e. The van der Waals surface area contributed by atoms with E-state index in [-0.39, 0.29) is 11.9 Å². The van der Waals surface area contributed by atoms with Crippen LogP contribution in [0, 0.1) is 27.7 Å². The van der Waals surface area contributed by atoms with E-state index in [0.29, 0.717) is 12.1 Å². The minimum absolute atomic E-state index is 0.115. The van der Waals surface area contributed by atoms with E-state index in [1.165, 1.54) is 27.8 Å². The second-order valence-corrected chi connectivity index (χ2v) is 9.40. The molecule has 0 saturated heterocycles. The highest BCUT2D eigenvalue weighted by Crippen LogP contribution is 2.27. The van der Waals surface area contributed by atoms with Crippen molar-refractivity contribution in [3.63, 3.8) is 0 Å². The van der Waals surface area contributed by atoms with Gasteiger partial charge >= 0.3 is 0 Å². The van der Waals surface area contributed by atoms with Gasteiger partial charge in [0.05, 0.1) is 17.1 Å². The number of nitrogens with zero attached hydrogens (tertiary/aromatic N) is 2. The van der Waals surface area contributed by atoms with Crippen LogP contribution in [0.15, 0.2) is 59.1 Å². The van der Waals surface area contributed by atoms with Crippen LogP contribution in [-0.2, 0) is 6.54 Å². The van der Waals surface area contributed by atoms with Gasteiger partial charge in [-0.25, -0.2) is 4.98 Å². The lowest BCUT2D eigenvalue weighted by Gasteiger charge is -2.20. The predicted octanol–water partition coefficient (Wildman–Crippen LogP) is 6.57. The van der Waals surface area contributed by atoms with Crippen LogP contribution in [0.25, 0.3) is 11.0 Å². The SMILES string of the molecule is Cc1cc(C)c(C)c(Cn2c(C(C)NC(=O)c3cccc(Br)c3)nc3ccccc32)c1C. The number of carbonyl (C=O) groups is 1. The van der Waals surface area contributed by atoms with Crippen molar-refractivity contribution < 1.29 is 4.79 Å². The van der Waals surface area contributed by atoms with Gasteiger partial charge in [0.15, 0.2) is 0 Å². The molecule has 0 aliphatic carbocycles. The van der Waals surface area contributed by atoms with E-state index in [1.54, 1.807) is 0 Å². The summed E-state index contributed by atoms with van der Waals surface area (Å²) in [7, 11) is 0. The Balaban J connectivity index is 1.75. The van der Waals surface area contributed by atoms with Crippen molar-refractivity contribution in [1.29, 1.82) is 0 Å². The van der Waals surface area contributed by atoms with Crippen LogP contribution in [0.2, 0.25) is 0 Å². The maximum absolute atomic E-state index is 12.9. The van der Waals surface area contributed by atoms with Gasteiger partial charge in [0, 0.05) is 16.6 Å². The molecule has 1 unspecified atom stereocenters. The highest BCUT2D eigenvalue weighted by Gasteiger charge is 2.21. The molecular weight excluding hydrogens is 462 g/mol. The average molecular weight is 490 g/mol. The number of rotatable bonds is 5. The van der Waals surface area contributed by atoms with Gasteiger partial charge in [-0.3, -0.25) is 4.79 Å². The molecule has 0 aliphatic heterocycles. The molecular formula is C27H28BrN3O. The van der Waals surface area contributed by atoms with Crippen molar-refractivity contribution in [1.82, 2.24) is 14.9 Å². The number of amides is 1. The molecule has 1 aromatic heterocycles. The highest BCUT2D eigenvalue weighted by atomic mass is 79.9. The Kier molecular flexibility index (Phi) is 6.20. The molecule has 0 fully saturated rings. The molecule has 1 heterocycles. The first kappa shape index (κ1) is 22.3. The fourth-order valence-electron chi connectivity index (χ4n) is 4.26. The minimum Gasteiger partial charge on any atom is -0.342 e. The molecule has 0 spiro atoms. The van der Waals surface area contributed by atoms with Gasteiger partial charge < -0.3 is 9.88 Å². The fraction of sp³-hybridized carbons (Fsp3) is 0.259. The number of imidazole rings is 1. The van der Waals surface area contributed by atoms with Crippen molar-refractivity contribution in [3.05, 3.63) is 98.3 Å². The Morgan fingerprint density at radius 2 is 1.69 bits per heavy atom. The number of nitrogens with one attached hydrogen (secondary N) is 1. The molecule has 4 rings (SSSR count). The topological polar surface area (TPSA) is 46.9 Å². The van der Waals surface area contributed by atoms with Gasteiger partial charge in [-0.2, -0.15) is 0 Å². The number of carbonyl (C=O) groups excluding carboxylic acids is 1. The first-order valence-corrected chi connectivity index (χ1v) is 11.6. The molecule has 5 heteroatoms. The van der Waals surface area contributed by atoms with E-state index in [0.717, 1.165) is 21.3 Å². The van der Waals surface area contributed by atoms with E-state index in [4.69, 9.17) is 4.98 Å². The summed E-state index contributed by atoms with van der Waals surface area (Å²) in [6, 6.07) is 17.6. The summed E-state index contributed by atoms with van der Waals surface area (Å²) < 4.78 is 3.13. The number of hydrogen-bond acceptors (Lipinski definition) is 2. The zero-order valence-electron chi connectivity index (χ0n) is 19.2. The standard InChI is InChI=1S/C27H28BrN3O/c1-16-13-17(2)19(4)23(18(16)3)15-31-25-12-7-6-11-24(25)30-26(31)20(5)29-27(32)21-9-8-10-22(28)14-21/h6-14,20H,15H2,1-5H3,(H,29,32). The zero-order chi connectivity index (χ0) is 23.0. The van der Waals surface area contributed by atoms with Gasteiger partial charge in [0.2, 0.25) is 0 Å². The quantitative estimate of drug-likeness (QED) is 0.344. The van der Waals surface area contributed by atoms with Crippen molar-refractivity contribution >= 4 is 32.9 Å². The molecule has 32 heavy (non-hydrogen) atoms. The van der Waals surface area contributed by atoms with Crippen molar-refractivity contribution in [2.75, 3.05) is 0 Å². The lowest BCUT2D eigenvalue weighted by atomic mass is 9.94. The second kappa shape index (κ2) is 8.91. The third-order valence-electron chi connectivity index (χ3n) is 6.34. The normalized spacial score (nSPS) is 12.2. The molecule has 4 aromatic rings. The third-order valence-corrected chi connectivity index (χ3v) is 6.84. The monoisotopic (exact) mass is 489 g/mol. The lowest BCUT2D eigenvalue weighted by molar-refractivity contribution is 0.0937. The van der Waals surface area contributed by atoms with Crippen LogP contribution in [0.5, 0.6) is 0 Å². The van der Waals surface area contributed by atoms with Crippen LogP contribution >= 0.6 is 15.9 Å². The lowest BCUT2D eigenvalue weighted by Crippen LogP contribution is -2.29. The molecule has 1 atom stereocenters. The van der Waals surface area contributed by atoms with Crippen LogP contribution in [0.3, 0.4) is 0 Å². The molecule has 0 bridgehead atoms. The Bertz CT molecular complexity index is 1300. The predicted molar refractivity (Wildman–Crippen MR) is 134 cm³/mol. The van der Waals surface area contributed by atoms with E-state index in [1.807, 2.05) is 49.4 Å². The van der Waals surface area contributed by atoms with E-state index in [2.05, 4.69) is 65.6 Å². The summed E-state index contributed by atoms with van der Waals surface area (Å²) in [5, 5.41) is 3.14. The number of halogens is 1. The molecule has 1 N–H and O–H groups in total. The van der Waals surface area contributed by atoms with E-state index >= 15 is 0 Å². The summed E-state index contributed by atoms with van der Waals surface area (Å²) in [5.41, 5.74) is 9.16. The number of aromatic nitrogens is 2. The Hall–Kier alpha value is -2.92. The number of aryl methyl sites for hydroxylation is 2. The summed E-state index contributed by atoms with van der Waals surface area (Å²) >= 11 is 3.44. The second-order valence-electron chi connectivity index (χ2n) is 8.49. The van der Waals surface area contributed by atoms with Crippen LogP contribution in [0.1, 0.15) is 57.0 Å². The molecule has 1 amide bonds. The van der Waals surface area contributed by atoms with Crippen molar-refractivity contribution in [2.45, 2.75) is 47.2 Å². The Labute approximate surface area is 197 Å². The third kappa shape index (κ3) is 4.22. The Morgan fingerprint density at radius 3 is 2.38 bits per heavy atom. The van der Waals surface area contributed by atoms with Crippen LogP contribution in [0.4, 0.5) is 0 Å². The van der Waals surface area contributed by atoms with Gasteiger partial charge in [-0.1, -0.05) is 40.2 Å². The number of para-hydroxylation sites is 2. The summed E-state index contributed by atoms with van der Waals surface area (Å²) in [6.45, 7) is 11.4. The largest absolute Gasteiger partial charge is 0.342 e. The van der Waals surface area contributed by atoms with Crippen LogP contribution < -0.4 is 5.32 Å².